The number of nitrogens with zero attached hydrogens (tertiary/aromatic N) is 1. The van der Waals surface area contributed by atoms with Gasteiger partial charge in [0.25, 0.3) is 0 Å². The monoisotopic (exact) mass is 311 g/mol. The van der Waals surface area contributed by atoms with E-state index in [2.05, 4.69) is 6.92 Å². The predicted molar refractivity (Wildman–Crippen MR) is 84.3 cm³/mol. The van der Waals surface area contributed by atoms with Crippen molar-refractivity contribution in [2.24, 2.45) is 0 Å². The number of aryl methyl sites for hydroxylation is 2. The Bertz CT molecular complexity index is 610. The van der Waals surface area contributed by atoms with Crippen molar-refractivity contribution >= 4 is 10.0 Å². The van der Waals surface area contributed by atoms with Crippen molar-refractivity contribution in [3.05, 3.63) is 23.3 Å². The van der Waals surface area contributed by atoms with Gasteiger partial charge in [0.05, 0.1) is 12.0 Å². The van der Waals surface area contributed by atoms with Crippen LogP contribution in [0.1, 0.15) is 43.7 Å². The Hall–Kier alpha value is -1.07. The molecular formula is C16H25NO3S. The molecule has 21 heavy (non-hydrogen) atoms. The molecule has 0 radical (unpaired) electrons. The smallest absolute Gasteiger partial charge is 0.243 e. The van der Waals surface area contributed by atoms with Gasteiger partial charge in [-0.15, -0.1) is 0 Å². The van der Waals surface area contributed by atoms with Crippen LogP contribution in [0.2, 0.25) is 0 Å². The van der Waals surface area contributed by atoms with Gasteiger partial charge in [0.1, 0.15) is 5.75 Å². The quantitative estimate of drug-likeness (QED) is 0.857. The molecule has 1 heterocycles. The van der Waals surface area contributed by atoms with Gasteiger partial charge in [-0.25, -0.2) is 8.42 Å². The van der Waals surface area contributed by atoms with Crippen LogP contribution in [0.4, 0.5) is 0 Å². The zero-order valence-corrected chi connectivity index (χ0v) is 14.2. The molecule has 0 saturated carbocycles. The van der Waals surface area contributed by atoms with Gasteiger partial charge in [0, 0.05) is 18.7 Å². The predicted octanol–water partition coefficient (Wildman–Crippen LogP) is 3.27. The maximum absolute atomic E-state index is 13.0. The van der Waals surface area contributed by atoms with E-state index in [1.807, 2.05) is 19.9 Å². The first-order valence-corrected chi connectivity index (χ1v) is 9.03. The third kappa shape index (κ3) is 3.09. The van der Waals surface area contributed by atoms with Crippen LogP contribution < -0.4 is 4.74 Å². The molecule has 0 unspecified atom stereocenters. The average molecular weight is 311 g/mol. The summed E-state index contributed by atoms with van der Waals surface area (Å²) in [5.74, 6) is 0.629. The van der Waals surface area contributed by atoms with Crippen molar-refractivity contribution in [1.82, 2.24) is 4.31 Å². The Morgan fingerprint density at radius 3 is 2.57 bits per heavy atom. The van der Waals surface area contributed by atoms with E-state index >= 15 is 0 Å². The number of rotatable bonds is 4. The number of hydrogen-bond acceptors (Lipinski definition) is 3. The van der Waals surface area contributed by atoms with E-state index in [1.54, 1.807) is 17.5 Å². The van der Waals surface area contributed by atoms with E-state index in [1.165, 1.54) is 0 Å². The molecule has 1 fully saturated rings. The molecule has 1 saturated heterocycles. The lowest BCUT2D eigenvalue weighted by atomic mass is 10.0. The first-order valence-electron chi connectivity index (χ1n) is 7.59. The molecule has 1 aromatic carbocycles. The molecular weight excluding hydrogens is 286 g/mol. The lowest BCUT2D eigenvalue weighted by Gasteiger charge is -2.34. The minimum Gasteiger partial charge on any atom is -0.496 e. The highest BCUT2D eigenvalue weighted by Crippen LogP contribution is 2.32. The summed E-state index contributed by atoms with van der Waals surface area (Å²) < 4.78 is 33.0. The summed E-state index contributed by atoms with van der Waals surface area (Å²) in [7, 11) is -1.88. The van der Waals surface area contributed by atoms with Crippen LogP contribution in [0.25, 0.3) is 0 Å². The van der Waals surface area contributed by atoms with Gasteiger partial charge in [-0.3, -0.25) is 0 Å². The first-order chi connectivity index (χ1) is 9.91. The van der Waals surface area contributed by atoms with Gasteiger partial charge in [0.2, 0.25) is 10.0 Å². The highest BCUT2D eigenvalue weighted by molar-refractivity contribution is 7.89. The lowest BCUT2D eigenvalue weighted by Crippen LogP contribution is -2.43. The van der Waals surface area contributed by atoms with E-state index in [-0.39, 0.29) is 6.04 Å². The zero-order valence-electron chi connectivity index (χ0n) is 13.3. The van der Waals surface area contributed by atoms with Gasteiger partial charge < -0.3 is 4.74 Å². The van der Waals surface area contributed by atoms with Crippen molar-refractivity contribution < 1.29 is 13.2 Å². The Morgan fingerprint density at radius 1 is 1.24 bits per heavy atom. The molecule has 1 aliphatic heterocycles. The summed E-state index contributed by atoms with van der Waals surface area (Å²) >= 11 is 0. The highest BCUT2D eigenvalue weighted by Gasteiger charge is 2.33. The Labute approximate surface area is 128 Å². The standard InChI is InChI=1S/C16H25NO3S/c1-5-14-8-6-7-9-17(14)21(18,19)16-11-15(20-4)12(2)10-13(16)3/h10-11,14H,5-9H2,1-4H3/t14-/m0/s1. The Kier molecular flexibility index (Phi) is 4.94. The molecule has 1 aromatic rings. The van der Waals surface area contributed by atoms with E-state index in [0.29, 0.717) is 17.2 Å². The van der Waals surface area contributed by atoms with Gasteiger partial charge in [0.15, 0.2) is 0 Å². The van der Waals surface area contributed by atoms with Crippen molar-refractivity contribution in [3.8, 4) is 5.75 Å². The molecule has 118 valence electrons. The summed E-state index contributed by atoms with van der Waals surface area (Å²) in [6, 6.07) is 3.67. The molecule has 0 bridgehead atoms. The first kappa shape index (κ1) is 16.3. The van der Waals surface area contributed by atoms with Crippen LogP contribution in [-0.4, -0.2) is 32.4 Å². The molecule has 0 spiro atoms. The summed E-state index contributed by atoms with van der Waals surface area (Å²) in [4.78, 5) is 0.380. The normalized spacial score (nSPS) is 20.5. The molecule has 0 amide bonds. The third-order valence-corrected chi connectivity index (χ3v) is 6.42. The Balaban J connectivity index is 2.48. The summed E-state index contributed by atoms with van der Waals surface area (Å²) in [5, 5.41) is 0. The fourth-order valence-corrected chi connectivity index (χ4v) is 5.13. The molecule has 0 aliphatic carbocycles. The van der Waals surface area contributed by atoms with Crippen LogP contribution in [0.5, 0.6) is 5.75 Å². The van der Waals surface area contributed by atoms with E-state index < -0.39 is 10.0 Å². The van der Waals surface area contributed by atoms with Crippen molar-refractivity contribution in [2.45, 2.75) is 57.4 Å². The summed E-state index contributed by atoms with van der Waals surface area (Å²) in [6.07, 6.45) is 3.87. The zero-order chi connectivity index (χ0) is 15.6. The van der Waals surface area contributed by atoms with Crippen LogP contribution in [-0.2, 0) is 10.0 Å². The maximum Gasteiger partial charge on any atom is 0.243 e. The summed E-state index contributed by atoms with van der Waals surface area (Å²) in [6.45, 7) is 6.46. The van der Waals surface area contributed by atoms with Crippen molar-refractivity contribution in [2.75, 3.05) is 13.7 Å². The maximum atomic E-state index is 13.0. The molecule has 0 N–H and O–H groups in total. The molecule has 4 nitrogen and oxygen atoms in total. The second kappa shape index (κ2) is 6.36. The van der Waals surface area contributed by atoms with Gasteiger partial charge >= 0.3 is 0 Å². The largest absolute Gasteiger partial charge is 0.496 e. The lowest BCUT2D eigenvalue weighted by molar-refractivity contribution is 0.246. The number of benzene rings is 1. The van der Waals surface area contributed by atoms with Crippen LogP contribution in [0.15, 0.2) is 17.0 Å². The Morgan fingerprint density at radius 2 is 1.95 bits per heavy atom. The van der Waals surface area contributed by atoms with Gasteiger partial charge in [-0.2, -0.15) is 4.31 Å². The number of hydrogen-bond donors (Lipinski definition) is 0. The number of methoxy groups -OCH3 is 1. The molecule has 1 aliphatic rings. The average Bonchev–Trinajstić information content (AvgIpc) is 2.47. The molecule has 2 rings (SSSR count). The van der Waals surface area contributed by atoms with E-state index in [9.17, 15) is 8.42 Å². The number of sulfonamides is 1. The molecule has 5 heteroatoms. The second-order valence-corrected chi connectivity index (χ2v) is 7.62. The SMILES string of the molecule is CC[C@H]1CCCCN1S(=O)(=O)c1cc(OC)c(C)cc1C. The van der Waals surface area contributed by atoms with Crippen LogP contribution in [0.3, 0.4) is 0 Å². The molecule has 1 atom stereocenters. The number of piperidine rings is 1. The van der Waals surface area contributed by atoms with Crippen LogP contribution in [0, 0.1) is 13.8 Å². The van der Waals surface area contributed by atoms with Crippen LogP contribution >= 0.6 is 0 Å². The fraction of sp³-hybridized carbons (Fsp3) is 0.625. The highest BCUT2D eigenvalue weighted by atomic mass is 32.2. The van der Waals surface area contributed by atoms with Crippen molar-refractivity contribution in [1.29, 1.82) is 0 Å². The van der Waals surface area contributed by atoms with Crippen molar-refractivity contribution in [3.63, 3.8) is 0 Å². The van der Waals surface area contributed by atoms with Gasteiger partial charge in [-0.1, -0.05) is 19.4 Å². The van der Waals surface area contributed by atoms with E-state index in [4.69, 9.17) is 4.74 Å². The summed E-state index contributed by atoms with van der Waals surface area (Å²) in [5.41, 5.74) is 1.74. The van der Waals surface area contributed by atoms with E-state index in [0.717, 1.165) is 36.8 Å². The third-order valence-electron chi connectivity index (χ3n) is 4.32. The minimum absolute atomic E-state index is 0.121. The number of ether oxygens (including phenoxy) is 1. The fourth-order valence-electron chi connectivity index (χ4n) is 3.14. The molecule has 0 aromatic heterocycles. The minimum atomic E-state index is -3.45. The second-order valence-electron chi connectivity index (χ2n) is 5.76. The topological polar surface area (TPSA) is 46.6 Å². The van der Waals surface area contributed by atoms with Gasteiger partial charge in [-0.05, 0) is 44.2 Å².